The quantitative estimate of drug-likeness (QED) is 0.797. The van der Waals surface area contributed by atoms with Crippen molar-refractivity contribution < 1.29 is 18.7 Å². The van der Waals surface area contributed by atoms with Crippen LogP contribution in [0.25, 0.3) is 0 Å². The first-order chi connectivity index (χ1) is 9.99. The summed E-state index contributed by atoms with van der Waals surface area (Å²) in [7, 11) is 0. The molecular weight excluding hydrogens is 278 g/mol. The van der Waals surface area contributed by atoms with E-state index in [4.69, 9.17) is 10.8 Å². The first-order valence-corrected chi connectivity index (χ1v) is 6.47. The molecule has 0 saturated carbocycles. The number of carbonyl (C=O) groups is 1. The molecule has 0 bridgehead atoms. The lowest BCUT2D eigenvalue weighted by Crippen LogP contribution is -2.37. The number of benzene rings is 1. The summed E-state index contributed by atoms with van der Waals surface area (Å²) in [5, 5.41) is 8.91. The molecule has 0 aromatic heterocycles. The van der Waals surface area contributed by atoms with Crippen molar-refractivity contribution in [3.05, 3.63) is 34.9 Å². The van der Waals surface area contributed by atoms with Crippen molar-refractivity contribution in [2.75, 3.05) is 26.2 Å². The summed E-state index contributed by atoms with van der Waals surface area (Å²) in [6.45, 7) is 0.690. The molecule has 6 heteroatoms. The van der Waals surface area contributed by atoms with E-state index in [0.29, 0.717) is 16.7 Å². The van der Waals surface area contributed by atoms with Crippen LogP contribution in [0.4, 0.5) is 8.78 Å². The summed E-state index contributed by atoms with van der Waals surface area (Å²) in [6.07, 6.45) is -2.65. The summed E-state index contributed by atoms with van der Waals surface area (Å²) >= 11 is 0. The van der Waals surface area contributed by atoms with Crippen molar-refractivity contribution in [3.8, 4) is 11.8 Å². The van der Waals surface area contributed by atoms with Crippen molar-refractivity contribution in [2.45, 2.75) is 13.3 Å². The van der Waals surface area contributed by atoms with Crippen LogP contribution in [0.15, 0.2) is 18.2 Å². The van der Waals surface area contributed by atoms with E-state index < -0.39 is 18.9 Å². The average molecular weight is 296 g/mol. The lowest BCUT2D eigenvalue weighted by atomic mass is 10.0. The summed E-state index contributed by atoms with van der Waals surface area (Å²) < 4.78 is 25.0. The summed E-state index contributed by atoms with van der Waals surface area (Å²) in [5.41, 5.74) is 6.84. The number of alkyl halides is 2. The Labute approximate surface area is 122 Å². The zero-order valence-electron chi connectivity index (χ0n) is 11.8. The van der Waals surface area contributed by atoms with Gasteiger partial charge in [0.25, 0.3) is 12.3 Å². The molecule has 21 heavy (non-hydrogen) atoms. The largest absolute Gasteiger partial charge is 0.395 e. The lowest BCUT2D eigenvalue weighted by Gasteiger charge is -2.22. The maximum absolute atomic E-state index is 12.5. The lowest BCUT2D eigenvalue weighted by molar-refractivity contribution is 0.0508. The Kier molecular flexibility index (Phi) is 6.79. The Bertz CT molecular complexity index is 550. The maximum Gasteiger partial charge on any atom is 0.255 e. The first-order valence-electron chi connectivity index (χ1n) is 6.47. The van der Waals surface area contributed by atoms with Gasteiger partial charge in [-0.25, -0.2) is 8.78 Å². The molecule has 0 atom stereocenters. The van der Waals surface area contributed by atoms with E-state index in [2.05, 4.69) is 11.8 Å². The Morgan fingerprint density at radius 1 is 1.48 bits per heavy atom. The second kappa shape index (κ2) is 8.35. The smallest absolute Gasteiger partial charge is 0.255 e. The minimum atomic E-state index is -2.65. The minimum Gasteiger partial charge on any atom is -0.395 e. The van der Waals surface area contributed by atoms with Gasteiger partial charge in [-0.1, -0.05) is 17.9 Å². The summed E-state index contributed by atoms with van der Waals surface area (Å²) in [6, 6.07) is 4.99. The third-order valence-electron chi connectivity index (χ3n) is 2.82. The Morgan fingerprint density at radius 3 is 2.76 bits per heavy atom. The third-order valence-corrected chi connectivity index (χ3v) is 2.82. The van der Waals surface area contributed by atoms with Crippen LogP contribution in [-0.2, 0) is 0 Å². The van der Waals surface area contributed by atoms with Crippen LogP contribution < -0.4 is 5.73 Å². The van der Waals surface area contributed by atoms with E-state index in [0.717, 1.165) is 4.90 Å². The molecule has 1 aromatic carbocycles. The fourth-order valence-electron chi connectivity index (χ4n) is 1.82. The van der Waals surface area contributed by atoms with Gasteiger partial charge in [0.05, 0.1) is 19.7 Å². The third kappa shape index (κ3) is 5.14. The number of carbonyl (C=O) groups excluding carboxylic acids is 1. The molecule has 0 radical (unpaired) electrons. The number of rotatable bonds is 5. The van der Waals surface area contributed by atoms with Crippen LogP contribution in [0.5, 0.6) is 0 Å². The standard InChI is InChI=1S/C15H18F2N2O2/c1-11-4-5-12(3-2-6-18)9-13(11)15(21)19(7-8-20)10-14(16)17/h4-5,9,14,20H,6-8,10,18H2,1H3. The number of nitrogens with two attached hydrogens (primary N) is 1. The second-order valence-corrected chi connectivity index (χ2v) is 4.40. The number of aryl methyl sites for hydroxylation is 1. The molecule has 1 amide bonds. The van der Waals surface area contributed by atoms with Crippen LogP contribution >= 0.6 is 0 Å². The van der Waals surface area contributed by atoms with Gasteiger partial charge in [-0.3, -0.25) is 4.79 Å². The number of hydrogen-bond donors (Lipinski definition) is 2. The molecule has 0 heterocycles. The first kappa shape index (κ1) is 17.1. The summed E-state index contributed by atoms with van der Waals surface area (Å²) in [4.78, 5) is 13.3. The molecule has 114 valence electrons. The maximum atomic E-state index is 12.5. The van der Waals surface area contributed by atoms with Crippen molar-refractivity contribution in [2.24, 2.45) is 5.73 Å². The predicted molar refractivity (Wildman–Crippen MR) is 76.1 cm³/mol. The van der Waals surface area contributed by atoms with Gasteiger partial charge in [0.15, 0.2) is 0 Å². The molecular formula is C15H18F2N2O2. The topological polar surface area (TPSA) is 66.6 Å². The highest BCUT2D eigenvalue weighted by atomic mass is 19.3. The van der Waals surface area contributed by atoms with E-state index in [9.17, 15) is 13.6 Å². The van der Waals surface area contributed by atoms with Gasteiger partial charge in [0.1, 0.15) is 0 Å². The van der Waals surface area contributed by atoms with E-state index in [1.165, 1.54) is 0 Å². The zero-order chi connectivity index (χ0) is 15.8. The van der Waals surface area contributed by atoms with Gasteiger partial charge >= 0.3 is 0 Å². The molecule has 0 spiro atoms. The van der Waals surface area contributed by atoms with Crippen molar-refractivity contribution in [1.29, 1.82) is 0 Å². The SMILES string of the molecule is Cc1ccc(C#CCN)cc1C(=O)N(CCO)CC(F)F. The van der Waals surface area contributed by atoms with Gasteiger partial charge in [0, 0.05) is 17.7 Å². The predicted octanol–water partition coefficient (Wildman–Crippen LogP) is 1.00. The average Bonchev–Trinajstić information content (AvgIpc) is 2.45. The number of halogens is 2. The van der Waals surface area contributed by atoms with Gasteiger partial charge in [-0.2, -0.15) is 0 Å². The van der Waals surface area contributed by atoms with Crippen LogP contribution in [-0.4, -0.2) is 48.6 Å². The Hall–Kier alpha value is -1.97. The van der Waals surface area contributed by atoms with Crippen LogP contribution in [0.1, 0.15) is 21.5 Å². The number of aliphatic hydroxyl groups is 1. The Morgan fingerprint density at radius 2 is 2.19 bits per heavy atom. The highest BCUT2D eigenvalue weighted by Gasteiger charge is 2.20. The van der Waals surface area contributed by atoms with Gasteiger partial charge < -0.3 is 15.7 Å². The second-order valence-electron chi connectivity index (χ2n) is 4.40. The molecule has 1 rings (SSSR count). The van der Waals surface area contributed by atoms with Crippen LogP contribution in [0, 0.1) is 18.8 Å². The molecule has 0 fully saturated rings. The highest BCUT2D eigenvalue weighted by Crippen LogP contribution is 2.14. The molecule has 1 aromatic rings. The molecule has 0 aliphatic rings. The van der Waals surface area contributed by atoms with Gasteiger partial charge in [-0.15, -0.1) is 0 Å². The molecule has 0 aliphatic heterocycles. The van der Waals surface area contributed by atoms with Crippen LogP contribution in [0.3, 0.4) is 0 Å². The fraction of sp³-hybridized carbons (Fsp3) is 0.400. The fourth-order valence-corrected chi connectivity index (χ4v) is 1.82. The van der Waals surface area contributed by atoms with Gasteiger partial charge in [0.2, 0.25) is 0 Å². The van der Waals surface area contributed by atoms with E-state index >= 15 is 0 Å². The molecule has 0 unspecified atom stereocenters. The molecule has 3 N–H and O–H groups in total. The zero-order valence-corrected chi connectivity index (χ0v) is 11.8. The number of aliphatic hydroxyl groups excluding tert-OH is 1. The van der Waals surface area contributed by atoms with Gasteiger partial charge in [-0.05, 0) is 24.6 Å². The van der Waals surface area contributed by atoms with E-state index in [-0.39, 0.29) is 19.7 Å². The van der Waals surface area contributed by atoms with E-state index in [1.807, 2.05) is 0 Å². The van der Waals surface area contributed by atoms with Crippen molar-refractivity contribution in [3.63, 3.8) is 0 Å². The monoisotopic (exact) mass is 296 g/mol. The molecule has 4 nitrogen and oxygen atoms in total. The summed E-state index contributed by atoms with van der Waals surface area (Å²) in [5.74, 6) is 4.92. The molecule has 0 aliphatic carbocycles. The number of hydrogen-bond acceptors (Lipinski definition) is 3. The molecule has 0 saturated heterocycles. The number of nitrogens with zero attached hydrogens (tertiary/aromatic N) is 1. The van der Waals surface area contributed by atoms with Crippen molar-refractivity contribution >= 4 is 5.91 Å². The Balaban J connectivity index is 3.08. The van der Waals surface area contributed by atoms with Crippen molar-refractivity contribution in [1.82, 2.24) is 4.90 Å². The highest BCUT2D eigenvalue weighted by molar-refractivity contribution is 5.96. The number of amides is 1. The van der Waals surface area contributed by atoms with Crippen LogP contribution in [0.2, 0.25) is 0 Å². The van der Waals surface area contributed by atoms with E-state index in [1.54, 1.807) is 25.1 Å². The normalized spacial score (nSPS) is 10.2. The minimum absolute atomic E-state index is 0.138.